The number of carbonyl (C=O) groups excluding carboxylic acids is 1. The van der Waals surface area contributed by atoms with Gasteiger partial charge in [-0.25, -0.2) is 14.8 Å². The van der Waals surface area contributed by atoms with Crippen LogP contribution in [0.15, 0.2) is 55.0 Å². The molecule has 0 fully saturated rings. The van der Waals surface area contributed by atoms with E-state index in [0.717, 1.165) is 29.9 Å². The number of benzene rings is 2. The standard InChI is InChI=1S/C29H27F3N6O3/c1-28(2,3)40-17-37-8-7-23-24(15-37)34-16-35-26(23)41-22-4-5-25-19(12-22)6-9-38(25)27(39)36-21-11-18(14-33)10-20(13-21)29(30,31)32/h4-6,9-13,16H,7-8,15,17H2,1-3H3,(H,36,39). The van der Waals surface area contributed by atoms with E-state index in [9.17, 15) is 18.0 Å². The maximum Gasteiger partial charge on any atom is 0.416 e. The molecule has 9 nitrogen and oxygen atoms in total. The van der Waals surface area contributed by atoms with Crippen LogP contribution < -0.4 is 10.1 Å². The number of nitrogens with one attached hydrogen (secondary N) is 1. The van der Waals surface area contributed by atoms with E-state index in [1.807, 2.05) is 20.8 Å². The Morgan fingerprint density at radius 3 is 2.66 bits per heavy atom. The predicted octanol–water partition coefficient (Wildman–Crippen LogP) is 6.32. The van der Waals surface area contributed by atoms with Gasteiger partial charge in [-0.1, -0.05) is 0 Å². The summed E-state index contributed by atoms with van der Waals surface area (Å²) < 4.78 is 53.0. The minimum Gasteiger partial charge on any atom is -0.439 e. The third-order valence-corrected chi connectivity index (χ3v) is 6.46. The number of aromatic nitrogens is 3. The number of hydrogen-bond acceptors (Lipinski definition) is 7. The molecule has 0 saturated carbocycles. The van der Waals surface area contributed by atoms with Gasteiger partial charge in [0.25, 0.3) is 0 Å². The average molecular weight is 565 g/mol. The van der Waals surface area contributed by atoms with E-state index in [0.29, 0.717) is 42.2 Å². The molecular weight excluding hydrogens is 537 g/mol. The zero-order valence-electron chi connectivity index (χ0n) is 22.6. The van der Waals surface area contributed by atoms with Crippen LogP contribution in [0.2, 0.25) is 0 Å². The number of halogens is 3. The maximum absolute atomic E-state index is 13.2. The van der Waals surface area contributed by atoms with Gasteiger partial charge in [0.1, 0.15) is 18.8 Å². The summed E-state index contributed by atoms with van der Waals surface area (Å²) in [5.41, 5.74) is 0.696. The largest absolute Gasteiger partial charge is 0.439 e. The lowest BCUT2D eigenvalue weighted by Crippen LogP contribution is -2.36. The van der Waals surface area contributed by atoms with Crippen molar-refractivity contribution in [2.24, 2.45) is 0 Å². The van der Waals surface area contributed by atoms with Crippen molar-refractivity contribution in [3.05, 3.63) is 77.4 Å². The Kier molecular flexibility index (Phi) is 7.42. The van der Waals surface area contributed by atoms with Crippen LogP contribution in [0.4, 0.5) is 23.7 Å². The first-order valence-corrected chi connectivity index (χ1v) is 12.8. The highest BCUT2D eigenvalue weighted by molar-refractivity contribution is 5.99. The molecule has 0 spiro atoms. The first-order valence-electron chi connectivity index (χ1n) is 12.8. The minimum absolute atomic E-state index is 0.139. The number of carbonyl (C=O) groups is 1. The first-order chi connectivity index (χ1) is 19.4. The number of alkyl halides is 3. The van der Waals surface area contributed by atoms with Crippen molar-refractivity contribution in [2.45, 2.75) is 45.5 Å². The fraction of sp³-hybridized carbons (Fsp3) is 0.310. The zero-order chi connectivity index (χ0) is 29.4. The Hall–Kier alpha value is -4.47. The molecule has 2 aromatic carbocycles. The third-order valence-electron chi connectivity index (χ3n) is 6.46. The Labute approximate surface area is 234 Å². The van der Waals surface area contributed by atoms with Crippen molar-refractivity contribution >= 4 is 22.6 Å². The van der Waals surface area contributed by atoms with Crippen LogP contribution in [0.5, 0.6) is 11.6 Å². The van der Waals surface area contributed by atoms with Gasteiger partial charge < -0.3 is 14.8 Å². The molecule has 0 radical (unpaired) electrons. The van der Waals surface area contributed by atoms with Crippen LogP contribution in [0.3, 0.4) is 0 Å². The predicted molar refractivity (Wildman–Crippen MR) is 144 cm³/mol. The second-order valence-electron chi connectivity index (χ2n) is 10.6. The van der Waals surface area contributed by atoms with E-state index >= 15 is 0 Å². The first kappa shape index (κ1) is 28.1. The highest BCUT2D eigenvalue weighted by Gasteiger charge is 2.31. The van der Waals surface area contributed by atoms with E-state index in [1.165, 1.54) is 23.2 Å². The van der Waals surface area contributed by atoms with E-state index in [1.54, 1.807) is 30.3 Å². The second-order valence-corrected chi connectivity index (χ2v) is 10.6. The number of nitrogens with zero attached hydrogens (tertiary/aromatic N) is 5. The molecule has 0 unspecified atom stereocenters. The van der Waals surface area contributed by atoms with Crippen molar-refractivity contribution in [3.8, 4) is 17.7 Å². The summed E-state index contributed by atoms with van der Waals surface area (Å²) >= 11 is 0. The topological polar surface area (TPSA) is 105 Å². The van der Waals surface area contributed by atoms with Gasteiger partial charge in [0.2, 0.25) is 5.88 Å². The van der Waals surface area contributed by atoms with Gasteiger partial charge in [0.05, 0.1) is 34.0 Å². The number of ether oxygens (including phenoxy) is 2. The molecule has 212 valence electrons. The third kappa shape index (κ3) is 6.48. The lowest BCUT2D eigenvalue weighted by Gasteiger charge is -2.31. The summed E-state index contributed by atoms with van der Waals surface area (Å²) in [7, 11) is 0. The van der Waals surface area contributed by atoms with Crippen LogP contribution >= 0.6 is 0 Å². The molecule has 4 aromatic rings. The summed E-state index contributed by atoms with van der Waals surface area (Å²) in [5.74, 6) is 0.965. The summed E-state index contributed by atoms with van der Waals surface area (Å²) in [6.07, 6.45) is -0.997. The number of hydrogen-bond donors (Lipinski definition) is 1. The SMILES string of the molecule is CC(C)(C)OCN1CCc2c(ncnc2Oc2ccc3c(ccn3C(=O)Nc3cc(C#N)cc(C(F)(F)F)c3)c2)C1. The van der Waals surface area contributed by atoms with E-state index in [2.05, 4.69) is 20.2 Å². The molecule has 0 bridgehead atoms. The molecule has 0 aliphatic carbocycles. The van der Waals surface area contributed by atoms with Crippen molar-refractivity contribution < 1.29 is 27.4 Å². The molecule has 0 saturated heterocycles. The fourth-order valence-electron chi connectivity index (χ4n) is 4.45. The van der Waals surface area contributed by atoms with Gasteiger partial charge >= 0.3 is 12.2 Å². The van der Waals surface area contributed by atoms with Gasteiger partial charge in [0.15, 0.2) is 0 Å². The monoisotopic (exact) mass is 564 g/mol. The van der Waals surface area contributed by atoms with Gasteiger partial charge in [-0.2, -0.15) is 18.4 Å². The molecular formula is C29H27F3N6O3. The Balaban J connectivity index is 1.32. The lowest BCUT2D eigenvalue weighted by atomic mass is 10.1. The second kappa shape index (κ2) is 10.8. The molecule has 0 atom stereocenters. The molecule has 1 N–H and O–H groups in total. The van der Waals surface area contributed by atoms with Gasteiger partial charge in [-0.3, -0.25) is 9.47 Å². The lowest BCUT2D eigenvalue weighted by molar-refractivity contribution is -0.137. The van der Waals surface area contributed by atoms with Crippen LogP contribution in [-0.2, 0) is 23.9 Å². The Morgan fingerprint density at radius 2 is 1.93 bits per heavy atom. The minimum atomic E-state index is -4.66. The highest BCUT2D eigenvalue weighted by Crippen LogP contribution is 2.33. The van der Waals surface area contributed by atoms with Crippen molar-refractivity contribution in [1.82, 2.24) is 19.4 Å². The summed E-state index contributed by atoms with van der Waals surface area (Å²) in [6.45, 7) is 7.92. The smallest absolute Gasteiger partial charge is 0.416 e. The molecule has 2 aromatic heterocycles. The quantitative estimate of drug-likeness (QED) is 0.302. The molecule has 1 aliphatic rings. The number of fused-ring (bicyclic) bond motifs is 2. The van der Waals surface area contributed by atoms with Crippen LogP contribution in [0.1, 0.15) is 43.2 Å². The van der Waals surface area contributed by atoms with Crippen LogP contribution in [0, 0.1) is 11.3 Å². The summed E-state index contributed by atoms with van der Waals surface area (Å²) in [6, 6.07) is 10.5. The summed E-state index contributed by atoms with van der Waals surface area (Å²) in [5, 5.41) is 12.2. The van der Waals surface area contributed by atoms with E-state index in [-0.39, 0.29) is 16.9 Å². The van der Waals surface area contributed by atoms with E-state index < -0.39 is 17.8 Å². The zero-order valence-corrected chi connectivity index (χ0v) is 22.6. The van der Waals surface area contributed by atoms with E-state index in [4.69, 9.17) is 14.7 Å². The Morgan fingerprint density at radius 1 is 1.12 bits per heavy atom. The normalized spacial score (nSPS) is 14.0. The van der Waals surface area contributed by atoms with Crippen LogP contribution in [0.25, 0.3) is 10.9 Å². The van der Waals surface area contributed by atoms with Crippen molar-refractivity contribution in [3.63, 3.8) is 0 Å². The number of anilines is 1. The maximum atomic E-state index is 13.2. The van der Waals surface area contributed by atoms with Crippen molar-refractivity contribution in [1.29, 1.82) is 5.26 Å². The van der Waals surface area contributed by atoms with Gasteiger partial charge in [0, 0.05) is 35.9 Å². The number of amides is 1. The summed E-state index contributed by atoms with van der Waals surface area (Å²) in [4.78, 5) is 23.9. The molecule has 1 aliphatic heterocycles. The molecule has 5 rings (SSSR count). The molecule has 12 heteroatoms. The van der Waals surface area contributed by atoms with Crippen LogP contribution in [-0.4, -0.2) is 44.3 Å². The average Bonchev–Trinajstić information content (AvgIpc) is 3.34. The Bertz CT molecular complexity index is 1650. The molecule has 1 amide bonds. The highest BCUT2D eigenvalue weighted by atomic mass is 19.4. The molecule has 41 heavy (non-hydrogen) atoms. The van der Waals surface area contributed by atoms with Crippen molar-refractivity contribution in [2.75, 3.05) is 18.6 Å². The fourth-order valence-corrected chi connectivity index (χ4v) is 4.45. The number of nitriles is 1. The molecule has 3 heterocycles. The van der Waals surface area contributed by atoms with Gasteiger partial charge in [-0.15, -0.1) is 0 Å². The van der Waals surface area contributed by atoms with Gasteiger partial charge in [-0.05, 0) is 69.7 Å². The number of rotatable bonds is 5.